The maximum absolute atomic E-state index is 4.20. The van der Waals surface area contributed by atoms with Crippen LogP contribution in [0, 0.1) is 0 Å². The molecule has 5 heteroatoms. The van der Waals surface area contributed by atoms with Gasteiger partial charge in [0.25, 0.3) is 0 Å². The number of aromatic nitrogens is 3. The molecule has 1 atom stereocenters. The van der Waals surface area contributed by atoms with Crippen molar-refractivity contribution in [2.75, 3.05) is 11.2 Å². The summed E-state index contributed by atoms with van der Waals surface area (Å²) in [5.41, 5.74) is 3.39. The van der Waals surface area contributed by atoms with Crippen LogP contribution >= 0.6 is 11.8 Å². The zero-order chi connectivity index (χ0) is 9.97. The fraction of sp³-hybridized carbons (Fsp3) is 0.778. The monoisotopic (exact) mass is 212 g/mol. The van der Waals surface area contributed by atoms with Crippen LogP contribution in [-0.4, -0.2) is 26.7 Å². The van der Waals surface area contributed by atoms with Crippen molar-refractivity contribution in [2.45, 2.75) is 44.3 Å². The van der Waals surface area contributed by atoms with E-state index in [9.17, 15) is 0 Å². The van der Waals surface area contributed by atoms with Crippen LogP contribution in [0.1, 0.15) is 32.5 Å². The molecule has 0 aliphatic carbocycles. The summed E-state index contributed by atoms with van der Waals surface area (Å²) in [6.45, 7) is 4.37. The maximum atomic E-state index is 4.20. The van der Waals surface area contributed by atoms with E-state index in [0.717, 1.165) is 23.2 Å². The Hall–Kier alpha value is -0.710. The molecule has 78 valence electrons. The highest BCUT2D eigenvalue weighted by Gasteiger charge is 2.19. The molecule has 0 saturated heterocycles. The van der Waals surface area contributed by atoms with Crippen LogP contribution < -0.4 is 5.43 Å². The summed E-state index contributed by atoms with van der Waals surface area (Å²) in [6.07, 6.45) is 3.40. The molecule has 1 unspecified atom stereocenters. The van der Waals surface area contributed by atoms with Gasteiger partial charge in [0.2, 0.25) is 5.16 Å². The summed E-state index contributed by atoms with van der Waals surface area (Å²) >= 11 is 1.78. The van der Waals surface area contributed by atoms with Crippen molar-refractivity contribution in [3.05, 3.63) is 5.82 Å². The highest BCUT2D eigenvalue weighted by molar-refractivity contribution is 7.99. The van der Waals surface area contributed by atoms with Crippen molar-refractivity contribution in [3.8, 4) is 0 Å². The fourth-order valence-electron chi connectivity index (χ4n) is 1.48. The van der Waals surface area contributed by atoms with Gasteiger partial charge in [0.1, 0.15) is 0 Å². The average Bonchev–Trinajstić information content (AvgIpc) is 2.57. The number of nitrogens with one attached hydrogen (secondary N) is 1. The highest BCUT2D eigenvalue weighted by atomic mass is 32.2. The molecule has 0 spiro atoms. The van der Waals surface area contributed by atoms with Gasteiger partial charge in [-0.05, 0) is 13.3 Å². The zero-order valence-electron chi connectivity index (χ0n) is 8.66. The van der Waals surface area contributed by atoms with E-state index in [-0.39, 0.29) is 0 Å². The first-order valence-corrected chi connectivity index (χ1v) is 6.13. The fourth-order valence-corrected chi connectivity index (χ4v) is 2.34. The quantitative estimate of drug-likeness (QED) is 0.827. The van der Waals surface area contributed by atoms with Crippen LogP contribution in [-0.2, 0) is 6.42 Å². The van der Waals surface area contributed by atoms with Crippen LogP contribution in [0.2, 0.25) is 0 Å². The molecule has 1 aliphatic rings. The molecule has 14 heavy (non-hydrogen) atoms. The standard InChI is InChI=1S/C9H16N4S/c1-3-4-5-8-10-11-9-13(8)12-7(2)6-14-9/h7,12H,3-6H2,1-2H3. The van der Waals surface area contributed by atoms with Crippen molar-refractivity contribution in [1.82, 2.24) is 14.9 Å². The van der Waals surface area contributed by atoms with Gasteiger partial charge in [-0.15, -0.1) is 10.2 Å². The Kier molecular flexibility index (Phi) is 2.96. The zero-order valence-corrected chi connectivity index (χ0v) is 9.47. The van der Waals surface area contributed by atoms with Crippen LogP contribution in [0.15, 0.2) is 5.16 Å². The summed E-state index contributed by atoms with van der Waals surface area (Å²) in [5, 5.41) is 9.37. The lowest BCUT2D eigenvalue weighted by Gasteiger charge is -2.22. The molecule has 1 aliphatic heterocycles. The van der Waals surface area contributed by atoms with Crippen molar-refractivity contribution in [3.63, 3.8) is 0 Å². The third-order valence-corrected chi connectivity index (χ3v) is 3.46. The molecule has 0 bridgehead atoms. The second-order valence-electron chi connectivity index (χ2n) is 3.68. The van der Waals surface area contributed by atoms with Gasteiger partial charge in [-0.1, -0.05) is 25.1 Å². The molecule has 0 amide bonds. The minimum atomic E-state index is 0.504. The first-order valence-electron chi connectivity index (χ1n) is 5.15. The van der Waals surface area contributed by atoms with Crippen molar-refractivity contribution in [1.29, 1.82) is 0 Å². The normalized spacial score (nSPS) is 20.3. The Morgan fingerprint density at radius 2 is 2.43 bits per heavy atom. The van der Waals surface area contributed by atoms with Crippen LogP contribution in [0.25, 0.3) is 0 Å². The van der Waals surface area contributed by atoms with E-state index >= 15 is 0 Å². The van der Waals surface area contributed by atoms with Gasteiger partial charge in [-0.3, -0.25) is 0 Å². The summed E-state index contributed by atoms with van der Waals surface area (Å²) in [5.74, 6) is 2.15. The highest BCUT2D eigenvalue weighted by Crippen LogP contribution is 2.22. The first kappa shape index (κ1) is 9.83. The molecular weight excluding hydrogens is 196 g/mol. The predicted octanol–water partition coefficient (Wildman–Crippen LogP) is 1.66. The predicted molar refractivity (Wildman–Crippen MR) is 58.2 cm³/mol. The largest absolute Gasteiger partial charge is 0.319 e. The van der Waals surface area contributed by atoms with Gasteiger partial charge in [0.05, 0.1) is 0 Å². The number of fused-ring (bicyclic) bond motifs is 1. The van der Waals surface area contributed by atoms with Gasteiger partial charge in [-0.2, -0.15) is 0 Å². The lowest BCUT2D eigenvalue weighted by molar-refractivity contribution is 0.626. The molecule has 1 N–H and O–H groups in total. The minimum Gasteiger partial charge on any atom is -0.319 e. The number of unbranched alkanes of at least 4 members (excludes halogenated alkanes) is 1. The molecule has 0 saturated carbocycles. The number of thioether (sulfide) groups is 1. The van der Waals surface area contributed by atoms with Crippen LogP contribution in [0.4, 0.5) is 0 Å². The van der Waals surface area contributed by atoms with E-state index in [1.807, 2.05) is 0 Å². The summed E-state index contributed by atoms with van der Waals surface area (Å²) in [6, 6.07) is 0.504. The number of hydrogen-bond acceptors (Lipinski definition) is 4. The Bertz CT molecular complexity index is 310. The third kappa shape index (κ3) is 1.87. The van der Waals surface area contributed by atoms with Gasteiger partial charge in [0.15, 0.2) is 5.82 Å². The number of hydrogen-bond donors (Lipinski definition) is 1. The number of aryl methyl sites for hydroxylation is 1. The molecule has 0 aromatic carbocycles. The third-order valence-electron chi connectivity index (χ3n) is 2.27. The Balaban J connectivity index is 2.13. The summed E-state index contributed by atoms with van der Waals surface area (Å²) < 4.78 is 2.05. The second-order valence-corrected chi connectivity index (χ2v) is 4.67. The summed E-state index contributed by atoms with van der Waals surface area (Å²) in [4.78, 5) is 0. The minimum absolute atomic E-state index is 0.504. The molecule has 2 rings (SSSR count). The molecule has 4 nitrogen and oxygen atoms in total. The van der Waals surface area contributed by atoms with Crippen molar-refractivity contribution in [2.24, 2.45) is 0 Å². The maximum Gasteiger partial charge on any atom is 0.210 e. The molecule has 0 fully saturated rings. The molecule has 0 radical (unpaired) electrons. The Morgan fingerprint density at radius 3 is 3.21 bits per heavy atom. The Morgan fingerprint density at radius 1 is 1.57 bits per heavy atom. The van der Waals surface area contributed by atoms with E-state index in [1.54, 1.807) is 11.8 Å². The van der Waals surface area contributed by atoms with Crippen molar-refractivity contribution < 1.29 is 0 Å². The van der Waals surface area contributed by atoms with E-state index in [0.29, 0.717) is 6.04 Å². The van der Waals surface area contributed by atoms with Gasteiger partial charge in [0, 0.05) is 18.2 Å². The van der Waals surface area contributed by atoms with E-state index in [4.69, 9.17) is 0 Å². The molecule has 1 aromatic rings. The lowest BCUT2D eigenvalue weighted by Crippen LogP contribution is -2.32. The number of rotatable bonds is 3. The first-order chi connectivity index (χ1) is 6.81. The molecule has 2 heterocycles. The van der Waals surface area contributed by atoms with Gasteiger partial charge >= 0.3 is 0 Å². The summed E-state index contributed by atoms with van der Waals surface area (Å²) in [7, 11) is 0. The van der Waals surface area contributed by atoms with E-state index < -0.39 is 0 Å². The van der Waals surface area contributed by atoms with E-state index in [1.165, 1.54) is 12.8 Å². The smallest absolute Gasteiger partial charge is 0.210 e. The lowest BCUT2D eigenvalue weighted by atomic mass is 10.2. The van der Waals surface area contributed by atoms with Crippen molar-refractivity contribution >= 4 is 11.8 Å². The average molecular weight is 212 g/mol. The number of nitrogens with zero attached hydrogens (tertiary/aromatic N) is 3. The molecule has 1 aromatic heterocycles. The van der Waals surface area contributed by atoms with E-state index in [2.05, 4.69) is 34.1 Å². The van der Waals surface area contributed by atoms with Gasteiger partial charge in [-0.25, -0.2) is 4.68 Å². The van der Waals surface area contributed by atoms with Gasteiger partial charge < -0.3 is 5.43 Å². The van der Waals surface area contributed by atoms with Crippen LogP contribution in [0.5, 0.6) is 0 Å². The topological polar surface area (TPSA) is 42.7 Å². The molecular formula is C9H16N4S. The second kappa shape index (κ2) is 4.21. The SMILES string of the molecule is CCCCc1nnc2n1NC(C)CS2. The Labute approximate surface area is 88.5 Å². The van der Waals surface area contributed by atoms with Crippen LogP contribution in [0.3, 0.4) is 0 Å².